The van der Waals surface area contributed by atoms with Crippen LogP contribution in [0.2, 0.25) is 0 Å². The standard InChI is InChI=1S/C15H17F2N3O3/c16-9-6-10(17)12(19-7-9)13(22)20-5-2-11(21)15(8-20)3-1-4-18-14(15)23/h6-7,11,21H,1-5,8H2,(H,18,23)/t11-,15-/m1/s1. The van der Waals surface area contributed by atoms with Gasteiger partial charge in [0.25, 0.3) is 5.91 Å². The molecule has 2 fully saturated rings. The lowest BCUT2D eigenvalue weighted by atomic mass is 9.71. The lowest BCUT2D eigenvalue weighted by Crippen LogP contribution is -2.62. The number of pyridine rings is 1. The number of aliphatic hydroxyl groups is 1. The third kappa shape index (κ3) is 2.67. The minimum Gasteiger partial charge on any atom is -0.392 e. The zero-order chi connectivity index (χ0) is 16.6. The van der Waals surface area contributed by atoms with Crippen molar-refractivity contribution in [2.75, 3.05) is 19.6 Å². The Balaban J connectivity index is 1.86. The van der Waals surface area contributed by atoms with Crippen LogP contribution < -0.4 is 5.32 Å². The average molecular weight is 325 g/mol. The van der Waals surface area contributed by atoms with Gasteiger partial charge in [0.05, 0.1) is 17.7 Å². The number of aromatic nitrogens is 1. The third-order valence-electron chi connectivity index (χ3n) is 4.62. The fraction of sp³-hybridized carbons (Fsp3) is 0.533. The summed E-state index contributed by atoms with van der Waals surface area (Å²) in [6, 6.07) is 0.599. The minimum absolute atomic E-state index is 0.00265. The number of carbonyl (C=O) groups is 2. The molecule has 1 aromatic heterocycles. The predicted molar refractivity (Wildman–Crippen MR) is 75.4 cm³/mol. The number of nitrogens with one attached hydrogen (secondary N) is 1. The van der Waals surface area contributed by atoms with Crippen molar-refractivity contribution in [1.82, 2.24) is 15.2 Å². The molecule has 8 heteroatoms. The third-order valence-corrected chi connectivity index (χ3v) is 4.62. The Labute approximate surface area is 131 Å². The van der Waals surface area contributed by atoms with Crippen LogP contribution in [-0.2, 0) is 4.79 Å². The van der Waals surface area contributed by atoms with E-state index < -0.39 is 34.8 Å². The van der Waals surface area contributed by atoms with Crippen LogP contribution >= 0.6 is 0 Å². The second-order valence-corrected chi connectivity index (χ2v) is 6.03. The molecule has 0 aromatic carbocycles. The highest BCUT2D eigenvalue weighted by Crippen LogP contribution is 2.37. The van der Waals surface area contributed by atoms with Gasteiger partial charge >= 0.3 is 0 Å². The molecule has 1 spiro atoms. The first kappa shape index (κ1) is 15.8. The van der Waals surface area contributed by atoms with E-state index in [1.54, 1.807) is 0 Å². The molecule has 0 bridgehead atoms. The summed E-state index contributed by atoms with van der Waals surface area (Å²) < 4.78 is 26.7. The zero-order valence-electron chi connectivity index (χ0n) is 12.4. The molecule has 0 unspecified atom stereocenters. The van der Waals surface area contributed by atoms with E-state index >= 15 is 0 Å². The van der Waals surface area contributed by atoms with Crippen LogP contribution in [0.25, 0.3) is 0 Å². The van der Waals surface area contributed by atoms with Crippen molar-refractivity contribution >= 4 is 11.8 Å². The number of likely N-dealkylation sites (tertiary alicyclic amines) is 1. The molecule has 2 N–H and O–H groups in total. The van der Waals surface area contributed by atoms with Gasteiger partial charge in [-0.1, -0.05) is 0 Å². The van der Waals surface area contributed by atoms with Crippen LogP contribution in [0.5, 0.6) is 0 Å². The number of aliphatic hydroxyl groups excluding tert-OH is 1. The van der Waals surface area contributed by atoms with Crippen molar-refractivity contribution < 1.29 is 23.5 Å². The fourth-order valence-electron chi connectivity index (χ4n) is 3.34. The summed E-state index contributed by atoms with van der Waals surface area (Å²) in [7, 11) is 0. The summed E-state index contributed by atoms with van der Waals surface area (Å²) in [6.07, 6.45) is 1.31. The first-order chi connectivity index (χ1) is 10.9. The highest BCUT2D eigenvalue weighted by molar-refractivity contribution is 5.93. The molecule has 2 aliphatic heterocycles. The minimum atomic E-state index is -1.07. The molecular formula is C15H17F2N3O3. The van der Waals surface area contributed by atoms with Crippen molar-refractivity contribution in [3.05, 3.63) is 29.6 Å². The maximum absolute atomic E-state index is 13.8. The van der Waals surface area contributed by atoms with Gasteiger partial charge in [0, 0.05) is 25.7 Å². The summed E-state index contributed by atoms with van der Waals surface area (Å²) in [5, 5.41) is 13.0. The van der Waals surface area contributed by atoms with Gasteiger partial charge in [0.2, 0.25) is 5.91 Å². The van der Waals surface area contributed by atoms with E-state index in [2.05, 4.69) is 10.3 Å². The van der Waals surface area contributed by atoms with Crippen LogP contribution in [0.15, 0.2) is 12.3 Å². The zero-order valence-corrected chi connectivity index (χ0v) is 12.4. The number of hydrogen-bond donors (Lipinski definition) is 2. The Morgan fingerprint density at radius 2 is 2.26 bits per heavy atom. The summed E-state index contributed by atoms with van der Waals surface area (Å²) in [6.45, 7) is 0.722. The van der Waals surface area contributed by atoms with E-state index in [0.29, 0.717) is 25.5 Å². The van der Waals surface area contributed by atoms with Crippen LogP contribution in [0.4, 0.5) is 8.78 Å². The largest absolute Gasteiger partial charge is 0.392 e. The Kier molecular flexibility index (Phi) is 4.01. The SMILES string of the molecule is O=C(c1ncc(F)cc1F)N1CC[C@@H](O)[C@@]2(CCCNC2=O)C1. The van der Waals surface area contributed by atoms with Gasteiger partial charge in [0.15, 0.2) is 11.5 Å². The number of halogens is 2. The van der Waals surface area contributed by atoms with E-state index in [4.69, 9.17) is 0 Å². The van der Waals surface area contributed by atoms with Crippen LogP contribution in [0.3, 0.4) is 0 Å². The van der Waals surface area contributed by atoms with Crippen LogP contribution in [0.1, 0.15) is 29.8 Å². The monoisotopic (exact) mass is 325 g/mol. The van der Waals surface area contributed by atoms with Gasteiger partial charge in [-0.25, -0.2) is 13.8 Å². The molecule has 0 saturated carbocycles. The first-order valence-corrected chi connectivity index (χ1v) is 7.51. The number of carbonyl (C=O) groups excluding carboxylic acids is 2. The number of piperidine rings is 2. The molecule has 2 amide bonds. The van der Waals surface area contributed by atoms with Crippen molar-refractivity contribution in [2.24, 2.45) is 5.41 Å². The second kappa shape index (κ2) is 5.84. The molecule has 1 aromatic rings. The van der Waals surface area contributed by atoms with E-state index in [1.165, 1.54) is 4.90 Å². The summed E-state index contributed by atoms with van der Waals surface area (Å²) >= 11 is 0. The molecule has 2 saturated heterocycles. The van der Waals surface area contributed by atoms with Gasteiger partial charge in [-0.15, -0.1) is 0 Å². The number of amides is 2. The quantitative estimate of drug-likeness (QED) is 0.786. The first-order valence-electron chi connectivity index (χ1n) is 7.51. The van der Waals surface area contributed by atoms with Gasteiger partial charge in [0.1, 0.15) is 5.82 Å². The maximum atomic E-state index is 13.8. The van der Waals surface area contributed by atoms with Crippen LogP contribution in [0, 0.1) is 17.0 Å². The van der Waals surface area contributed by atoms with Crippen LogP contribution in [-0.4, -0.2) is 52.5 Å². The molecule has 3 rings (SSSR count). The van der Waals surface area contributed by atoms with Gasteiger partial charge < -0.3 is 15.3 Å². The Hall–Kier alpha value is -2.09. The van der Waals surface area contributed by atoms with E-state index in [1.807, 2.05) is 0 Å². The predicted octanol–water partition coefficient (Wildman–Crippen LogP) is 0.463. The van der Waals surface area contributed by atoms with E-state index in [0.717, 1.165) is 6.20 Å². The summed E-state index contributed by atoms with van der Waals surface area (Å²) in [5.74, 6) is -2.90. The summed E-state index contributed by atoms with van der Waals surface area (Å²) in [4.78, 5) is 29.5. The molecule has 3 heterocycles. The topological polar surface area (TPSA) is 82.5 Å². The van der Waals surface area contributed by atoms with Gasteiger partial charge in [-0.05, 0) is 19.3 Å². The highest BCUT2D eigenvalue weighted by atomic mass is 19.1. The number of nitrogens with zero attached hydrogens (tertiary/aromatic N) is 2. The van der Waals surface area contributed by atoms with Gasteiger partial charge in [-0.3, -0.25) is 9.59 Å². The normalized spacial score (nSPS) is 27.9. The molecule has 0 radical (unpaired) electrons. The van der Waals surface area contributed by atoms with Crippen molar-refractivity contribution in [2.45, 2.75) is 25.4 Å². The Morgan fingerprint density at radius 3 is 2.96 bits per heavy atom. The van der Waals surface area contributed by atoms with E-state index in [9.17, 15) is 23.5 Å². The molecule has 124 valence electrons. The Morgan fingerprint density at radius 1 is 1.48 bits per heavy atom. The van der Waals surface area contributed by atoms with E-state index in [-0.39, 0.29) is 25.4 Å². The second-order valence-electron chi connectivity index (χ2n) is 6.03. The molecule has 23 heavy (non-hydrogen) atoms. The van der Waals surface area contributed by atoms with Crippen molar-refractivity contribution in [1.29, 1.82) is 0 Å². The molecule has 6 nitrogen and oxygen atoms in total. The lowest BCUT2D eigenvalue weighted by molar-refractivity contribution is -0.147. The average Bonchev–Trinajstić information content (AvgIpc) is 2.52. The fourth-order valence-corrected chi connectivity index (χ4v) is 3.34. The van der Waals surface area contributed by atoms with Crippen molar-refractivity contribution in [3.63, 3.8) is 0 Å². The van der Waals surface area contributed by atoms with Gasteiger partial charge in [-0.2, -0.15) is 0 Å². The smallest absolute Gasteiger partial charge is 0.275 e. The van der Waals surface area contributed by atoms with Crippen molar-refractivity contribution in [3.8, 4) is 0 Å². The Bertz CT molecular complexity index is 655. The lowest BCUT2D eigenvalue weighted by Gasteiger charge is -2.46. The molecule has 2 atom stereocenters. The molecule has 2 aliphatic rings. The molecule has 0 aliphatic carbocycles. The highest BCUT2D eigenvalue weighted by Gasteiger charge is 2.50. The summed E-state index contributed by atoms with van der Waals surface area (Å²) in [5.41, 5.74) is -1.54. The number of rotatable bonds is 1. The number of hydrogen-bond acceptors (Lipinski definition) is 4. The molecular weight excluding hydrogens is 308 g/mol. The maximum Gasteiger partial charge on any atom is 0.275 e.